The molecule has 3 rings (SSSR count). The molecule has 3 atom stereocenters. The van der Waals surface area contributed by atoms with Crippen LogP contribution in [0.3, 0.4) is 0 Å². The van der Waals surface area contributed by atoms with Crippen molar-refractivity contribution >= 4 is 27.9 Å². The van der Waals surface area contributed by atoms with Crippen molar-refractivity contribution in [3.8, 4) is 0 Å². The summed E-state index contributed by atoms with van der Waals surface area (Å²) in [6.07, 6.45) is 4.57. The Kier molecular flexibility index (Phi) is 2.82. The van der Waals surface area contributed by atoms with E-state index in [2.05, 4.69) is 15.9 Å². The largest absolute Gasteiger partial charge is 0.393 e. The summed E-state index contributed by atoms with van der Waals surface area (Å²) in [7, 11) is 0. The molecule has 1 fully saturated rings. The highest BCUT2D eigenvalue weighted by Crippen LogP contribution is 2.42. The van der Waals surface area contributed by atoms with Crippen LogP contribution >= 0.6 is 15.9 Å². The van der Waals surface area contributed by atoms with Crippen LogP contribution in [0, 0.1) is 11.8 Å². The molecular formula is C14H11BrO3. The Morgan fingerprint density at radius 3 is 2.56 bits per heavy atom. The first-order valence-electron chi connectivity index (χ1n) is 5.84. The Morgan fingerprint density at radius 1 is 1.11 bits per heavy atom. The SMILES string of the molecule is O=C1OC(=O)[C@H]2CC=C[C@@H](c3ccc(Br)cc3)[C@@H]12. The summed E-state index contributed by atoms with van der Waals surface area (Å²) >= 11 is 3.38. The second-order valence-corrected chi connectivity index (χ2v) is 5.53. The minimum absolute atomic E-state index is 0.0594. The molecule has 4 heteroatoms. The number of carbonyl (C=O) groups excluding carboxylic acids is 2. The van der Waals surface area contributed by atoms with Gasteiger partial charge in [0, 0.05) is 10.4 Å². The molecule has 2 aliphatic rings. The lowest BCUT2D eigenvalue weighted by molar-refractivity contribution is -0.153. The van der Waals surface area contributed by atoms with E-state index in [-0.39, 0.29) is 29.7 Å². The summed E-state index contributed by atoms with van der Waals surface area (Å²) in [5, 5.41) is 0. The maximum absolute atomic E-state index is 11.8. The van der Waals surface area contributed by atoms with Crippen molar-refractivity contribution in [2.75, 3.05) is 0 Å². The number of ether oxygens (including phenoxy) is 1. The Bertz CT molecular complexity index is 532. The third-order valence-electron chi connectivity index (χ3n) is 3.58. The monoisotopic (exact) mass is 306 g/mol. The highest BCUT2D eigenvalue weighted by Gasteiger charge is 2.48. The van der Waals surface area contributed by atoms with E-state index in [0.29, 0.717) is 6.42 Å². The fraction of sp³-hybridized carbons (Fsp3) is 0.286. The predicted molar refractivity (Wildman–Crippen MR) is 68.7 cm³/mol. The summed E-state index contributed by atoms with van der Waals surface area (Å²) in [6.45, 7) is 0. The van der Waals surface area contributed by atoms with Gasteiger partial charge in [-0.2, -0.15) is 0 Å². The van der Waals surface area contributed by atoms with Gasteiger partial charge in [-0.3, -0.25) is 9.59 Å². The first kappa shape index (κ1) is 11.7. The summed E-state index contributed by atoms with van der Waals surface area (Å²) in [4.78, 5) is 23.3. The second-order valence-electron chi connectivity index (χ2n) is 4.61. The highest BCUT2D eigenvalue weighted by molar-refractivity contribution is 9.10. The first-order chi connectivity index (χ1) is 8.66. The van der Waals surface area contributed by atoms with Crippen molar-refractivity contribution in [2.45, 2.75) is 12.3 Å². The topological polar surface area (TPSA) is 43.4 Å². The molecule has 0 N–H and O–H groups in total. The van der Waals surface area contributed by atoms with Gasteiger partial charge in [0.1, 0.15) is 0 Å². The van der Waals surface area contributed by atoms with Gasteiger partial charge in [0.25, 0.3) is 0 Å². The Labute approximate surface area is 113 Å². The van der Waals surface area contributed by atoms with Crippen molar-refractivity contribution < 1.29 is 14.3 Å². The van der Waals surface area contributed by atoms with E-state index in [9.17, 15) is 9.59 Å². The van der Waals surface area contributed by atoms with Gasteiger partial charge in [-0.15, -0.1) is 0 Å². The molecule has 0 aromatic heterocycles. The van der Waals surface area contributed by atoms with Crippen LogP contribution in [0.1, 0.15) is 17.9 Å². The number of carbonyl (C=O) groups is 2. The summed E-state index contributed by atoms with van der Waals surface area (Å²) in [5.41, 5.74) is 1.04. The number of hydrogen-bond donors (Lipinski definition) is 0. The third kappa shape index (κ3) is 1.81. The maximum atomic E-state index is 11.8. The lowest BCUT2D eigenvalue weighted by Gasteiger charge is -2.25. The molecule has 0 saturated carbocycles. The second kappa shape index (κ2) is 4.35. The number of benzene rings is 1. The lowest BCUT2D eigenvalue weighted by Crippen LogP contribution is -2.26. The molecule has 0 spiro atoms. The van der Waals surface area contributed by atoms with E-state index >= 15 is 0 Å². The number of fused-ring (bicyclic) bond motifs is 1. The number of cyclic esters (lactones) is 2. The molecule has 18 heavy (non-hydrogen) atoms. The molecule has 1 aliphatic heterocycles. The molecule has 3 nitrogen and oxygen atoms in total. The number of halogens is 1. The van der Waals surface area contributed by atoms with Gasteiger partial charge in [0.15, 0.2) is 0 Å². The molecule has 1 aromatic carbocycles. The van der Waals surface area contributed by atoms with Crippen molar-refractivity contribution in [1.82, 2.24) is 0 Å². The molecule has 0 amide bonds. The summed E-state index contributed by atoms with van der Waals surface area (Å²) in [5.74, 6) is -1.49. The molecule has 0 radical (unpaired) electrons. The standard InChI is InChI=1S/C14H11BrO3/c15-9-6-4-8(5-7-9)10-2-1-3-11-12(10)14(17)18-13(11)16/h1-2,4-7,10-12H,3H2/t10-,11-,12+/m0/s1. The van der Waals surface area contributed by atoms with E-state index in [1.54, 1.807) is 0 Å². The minimum Gasteiger partial charge on any atom is -0.393 e. The molecule has 1 aliphatic carbocycles. The van der Waals surface area contributed by atoms with Crippen LogP contribution in [0.15, 0.2) is 40.9 Å². The molecule has 0 bridgehead atoms. The number of allylic oxidation sites excluding steroid dienone is 2. The first-order valence-corrected chi connectivity index (χ1v) is 6.64. The van der Waals surface area contributed by atoms with Crippen molar-refractivity contribution in [1.29, 1.82) is 0 Å². The molecule has 92 valence electrons. The van der Waals surface area contributed by atoms with Crippen molar-refractivity contribution in [3.63, 3.8) is 0 Å². The molecule has 1 heterocycles. The third-order valence-corrected chi connectivity index (χ3v) is 4.11. The van der Waals surface area contributed by atoms with Crippen LogP contribution < -0.4 is 0 Å². The fourth-order valence-electron chi connectivity index (χ4n) is 2.69. The van der Waals surface area contributed by atoms with Crippen LogP contribution in [-0.4, -0.2) is 11.9 Å². The van der Waals surface area contributed by atoms with Gasteiger partial charge in [-0.05, 0) is 24.1 Å². The Balaban J connectivity index is 1.99. The average Bonchev–Trinajstić information content (AvgIpc) is 2.66. The van der Waals surface area contributed by atoms with Crippen LogP contribution in [0.2, 0.25) is 0 Å². The van der Waals surface area contributed by atoms with Crippen LogP contribution in [0.25, 0.3) is 0 Å². The van der Waals surface area contributed by atoms with E-state index in [0.717, 1.165) is 10.0 Å². The maximum Gasteiger partial charge on any atom is 0.318 e. The average molecular weight is 307 g/mol. The molecule has 1 saturated heterocycles. The molecule has 0 unspecified atom stereocenters. The van der Waals surface area contributed by atoms with Crippen molar-refractivity contribution in [2.24, 2.45) is 11.8 Å². The van der Waals surface area contributed by atoms with Gasteiger partial charge in [-0.25, -0.2) is 0 Å². The number of rotatable bonds is 1. The predicted octanol–water partition coefficient (Wildman–Crippen LogP) is 2.81. The van der Waals surface area contributed by atoms with Gasteiger partial charge < -0.3 is 4.74 Å². The zero-order valence-corrected chi connectivity index (χ0v) is 11.1. The van der Waals surface area contributed by atoms with E-state index < -0.39 is 0 Å². The number of hydrogen-bond acceptors (Lipinski definition) is 3. The molecular weight excluding hydrogens is 296 g/mol. The van der Waals surface area contributed by atoms with Crippen LogP contribution in [0.5, 0.6) is 0 Å². The summed E-state index contributed by atoms with van der Waals surface area (Å²) in [6, 6.07) is 7.82. The van der Waals surface area contributed by atoms with Gasteiger partial charge >= 0.3 is 11.9 Å². The Hall–Kier alpha value is -1.42. The number of esters is 2. The normalized spacial score (nSPS) is 30.2. The van der Waals surface area contributed by atoms with Gasteiger partial charge in [0.2, 0.25) is 0 Å². The van der Waals surface area contributed by atoms with Gasteiger partial charge in [-0.1, -0.05) is 40.2 Å². The zero-order valence-electron chi connectivity index (χ0n) is 9.51. The zero-order chi connectivity index (χ0) is 12.7. The summed E-state index contributed by atoms with van der Waals surface area (Å²) < 4.78 is 5.75. The van der Waals surface area contributed by atoms with E-state index in [4.69, 9.17) is 4.74 Å². The molecule has 1 aromatic rings. The van der Waals surface area contributed by atoms with E-state index in [1.165, 1.54) is 0 Å². The quantitative estimate of drug-likeness (QED) is 0.455. The van der Waals surface area contributed by atoms with Crippen LogP contribution in [0.4, 0.5) is 0 Å². The Morgan fingerprint density at radius 2 is 1.83 bits per heavy atom. The fourth-order valence-corrected chi connectivity index (χ4v) is 2.95. The van der Waals surface area contributed by atoms with Gasteiger partial charge in [0.05, 0.1) is 11.8 Å². The smallest absolute Gasteiger partial charge is 0.318 e. The van der Waals surface area contributed by atoms with E-state index in [1.807, 2.05) is 36.4 Å². The minimum atomic E-state index is -0.387. The highest BCUT2D eigenvalue weighted by atomic mass is 79.9. The lowest BCUT2D eigenvalue weighted by atomic mass is 9.74. The van der Waals surface area contributed by atoms with Crippen LogP contribution in [-0.2, 0) is 14.3 Å². The van der Waals surface area contributed by atoms with Crippen molar-refractivity contribution in [3.05, 3.63) is 46.5 Å².